The van der Waals surface area contributed by atoms with E-state index in [9.17, 15) is 4.79 Å². The second-order valence-electron chi connectivity index (χ2n) is 2.86. The summed E-state index contributed by atoms with van der Waals surface area (Å²) in [6, 6.07) is -0.515. The van der Waals surface area contributed by atoms with E-state index >= 15 is 0 Å². The summed E-state index contributed by atoms with van der Waals surface area (Å²) >= 11 is 2.70. The van der Waals surface area contributed by atoms with E-state index in [0.717, 1.165) is 10.8 Å². The molecule has 1 unspecified atom stereocenters. The van der Waals surface area contributed by atoms with Gasteiger partial charge in [0.15, 0.2) is 4.34 Å². The van der Waals surface area contributed by atoms with Gasteiger partial charge in [0.1, 0.15) is 12.4 Å². The number of aromatic nitrogens is 2. The zero-order valence-electron chi connectivity index (χ0n) is 8.34. The molecule has 0 aromatic carbocycles. The van der Waals surface area contributed by atoms with Crippen LogP contribution in [0.25, 0.3) is 0 Å². The third-order valence-corrected chi connectivity index (χ3v) is 3.54. The predicted octanol–water partition coefficient (Wildman–Crippen LogP) is 1.08. The molecule has 0 aliphatic heterocycles. The Bertz CT molecular complexity index is 292. The normalized spacial score (nSPS) is 12.6. The zero-order chi connectivity index (χ0) is 11.1. The quantitative estimate of drug-likeness (QED) is 0.702. The maximum Gasteiger partial charge on any atom is 0.321 e. The Kier molecular flexibility index (Phi) is 5.59. The van der Waals surface area contributed by atoms with Gasteiger partial charge < -0.3 is 10.4 Å². The molecule has 15 heavy (non-hydrogen) atoms. The molecule has 0 radical (unpaired) electrons. The largest absolute Gasteiger partial charge is 0.480 e. The summed E-state index contributed by atoms with van der Waals surface area (Å²) in [6.45, 7) is 2.72. The van der Waals surface area contributed by atoms with E-state index in [-0.39, 0.29) is 0 Å². The minimum absolute atomic E-state index is 0.477. The maximum atomic E-state index is 10.9. The third kappa shape index (κ3) is 4.59. The van der Waals surface area contributed by atoms with E-state index in [1.54, 1.807) is 0 Å². The molecule has 1 heterocycles. The molecule has 2 N–H and O–H groups in total. The molecule has 0 bridgehead atoms. The fourth-order valence-electron chi connectivity index (χ4n) is 0.917. The number of aliphatic carboxylic acids is 1. The molecule has 0 aliphatic carbocycles. The number of carboxylic acids is 1. The molecule has 1 rings (SSSR count). The fraction of sp³-hybridized carbons (Fsp3) is 0.625. The van der Waals surface area contributed by atoms with Gasteiger partial charge in [-0.25, -0.2) is 4.98 Å². The Morgan fingerprint density at radius 1 is 1.80 bits per heavy atom. The molecule has 84 valence electrons. The third-order valence-electron chi connectivity index (χ3n) is 1.65. The lowest BCUT2D eigenvalue weighted by Crippen LogP contribution is -2.39. The Balaban J connectivity index is 2.34. The number of carbonyl (C=O) groups is 1. The van der Waals surface area contributed by atoms with E-state index in [1.807, 2.05) is 6.92 Å². The maximum absolute atomic E-state index is 10.9. The van der Waals surface area contributed by atoms with Crippen molar-refractivity contribution in [2.45, 2.75) is 23.7 Å². The molecular formula is C8H13N3O2S2. The number of thioether (sulfide) groups is 1. The van der Waals surface area contributed by atoms with Crippen molar-refractivity contribution in [3.63, 3.8) is 0 Å². The molecule has 0 saturated carbocycles. The Morgan fingerprint density at radius 2 is 2.60 bits per heavy atom. The topological polar surface area (TPSA) is 75.1 Å². The first-order valence-electron chi connectivity index (χ1n) is 4.59. The first kappa shape index (κ1) is 12.4. The summed E-state index contributed by atoms with van der Waals surface area (Å²) < 4.78 is 4.65. The molecule has 1 aromatic rings. The van der Waals surface area contributed by atoms with Crippen molar-refractivity contribution in [2.75, 3.05) is 12.3 Å². The van der Waals surface area contributed by atoms with Crippen LogP contribution in [-0.2, 0) is 4.79 Å². The summed E-state index contributed by atoms with van der Waals surface area (Å²) in [5.74, 6) is -0.342. The number of rotatable bonds is 7. The van der Waals surface area contributed by atoms with E-state index in [4.69, 9.17) is 5.11 Å². The van der Waals surface area contributed by atoms with Crippen LogP contribution in [0.15, 0.2) is 10.7 Å². The molecule has 1 atom stereocenters. The van der Waals surface area contributed by atoms with Crippen LogP contribution in [0.1, 0.15) is 13.3 Å². The highest BCUT2D eigenvalue weighted by molar-refractivity contribution is 8.01. The second-order valence-corrected chi connectivity index (χ2v) is 4.91. The lowest BCUT2D eigenvalue weighted by atomic mass is 10.3. The monoisotopic (exact) mass is 247 g/mol. The molecule has 0 saturated heterocycles. The molecule has 0 amide bonds. The average Bonchev–Trinajstić information content (AvgIpc) is 2.70. The van der Waals surface area contributed by atoms with Gasteiger partial charge in [-0.05, 0) is 24.5 Å². The van der Waals surface area contributed by atoms with Crippen LogP contribution in [0.2, 0.25) is 0 Å². The van der Waals surface area contributed by atoms with Crippen molar-refractivity contribution in [1.82, 2.24) is 14.7 Å². The highest BCUT2D eigenvalue weighted by Crippen LogP contribution is 2.18. The SMILES string of the molecule is CCCNC(CSc1ncns1)C(=O)O. The lowest BCUT2D eigenvalue weighted by Gasteiger charge is -2.11. The van der Waals surface area contributed by atoms with E-state index in [0.29, 0.717) is 12.3 Å². The Labute approximate surface area is 96.5 Å². The number of nitrogens with one attached hydrogen (secondary N) is 1. The van der Waals surface area contributed by atoms with Crippen LogP contribution in [-0.4, -0.2) is 38.8 Å². The number of carboxylic acid groups (broad SMARTS) is 1. The standard InChI is InChI=1S/C8H13N3O2S2/c1-2-3-9-6(7(12)13)4-14-8-10-5-11-15-8/h5-6,9H,2-4H2,1H3,(H,12,13). The number of nitrogens with zero attached hydrogens (tertiary/aromatic N) is 2. The first-order valence-corrected chi connectivity index (χ1v) is 6.35. The van der Waals surface area contributed by atoms with Crippen molar-refractivity contribution in [2.24, 2.45) is 0 Å². The van der Waals surface area contributed by atoms with Gasteiger partial charge >= 0.3 is 5.97 Å². The van der Waals surface area contributed by atoms with Crippen LogP contribution in [0.5, 0.6) is 0 Å². The van der Waals surface area contributed by atoms with Gasteiger partial charge in [0.05, 0.1) is 0 Å². The van der Waals surface area contributed by atoms with Crippen LogP contribution < -0.4 is 5.32 Å². The van der Waals surface area contributed by atoms with E-state index in [1.165, 1.54) is 29.6 Å². The number of hydrogen-bond acceptors (Lipinski definition) is 6. The molecule has 0 aliphatic rings. The zero-order valence-corrected chi connectivity index (χ0v) is 9.98. The van der Waals surface area contributed by atoms with Crippen LogP contribution >= 0.6 is 23.3 Å². The van der Waals surface area contributed by atoms with Crippen LogP contribution in [0.3, 0.4) is 0 Å². The van der Waals surface area contributed by atoms with Gasteiger partial charge in [-0.15, -0.1) is 0 Å². The van der Waals surface area contributed by atoms with Gasteiger partial charge in [-0.2, -0.15) is 4.37 Å². The highest BCUT2D eigenvalue weighted by atomic mass is 32.2. The summed E-state index contributed by atoms with van der Waals surface area (Å²) in [5.41, 5.74) is 0. The lowest BCUT2D eigenvalue weighted by molar-refractivity contribution is -0.138. The van der Waals surface area contributed by atoms with Crippen LogP contribution in [0, 0.1) is 0 Å². The number of hydrogen-bond donors (Lipinski definition) is 2. The van der Waals surface area contributed by atoms with Crippen molar-refractivity contribution >= 4 is 29.3 Å². The molecule has 5 nitrogen and oxygen atoms in total. The van der Waals surface area contributed by atoms with Gasteiger partial charge in [0.25, 0.3) is 0 Å². The molecule has 0 fully saturated rings. The Hall–Kier alpha value is -0.660. The van der Waals surface area contributed by atoms with Crippen molar-refractivity contribution in [1.29, 1.82) is 0 Å². The second kappa shape index (κ2) is 6.76. The molecule has 7 heteroatoms. The van der Waals surface area contributed by atoms with Crippen LogP contribution in [0.4, 0.5) is 0 Å². The summed E-state index contributed by atoms with van der Waals surface area (Å²) in [5, 5.41) is 11.9. The molecule has 0 spiro atoms. The highest BCUT2D eigenvalue weighted by Gasteiger charge is 2.16. The van der Waals surface area contributed by atoms with E-state index in [2.05, 4.69) is 14.7 Å². The van der Waals surface area contributed by atoms with E-state index < -0.39 is 12.0 Å². The van der Waals surface area contributed by atoms with Gasteiger partial charge in [-0.3, -0.25) is 4.79 Å². The first-order chi connectivity index (χ1) is 7.24. The minimum atomic E-state index is -0.819. The van der Waals surface area contributed by atoms with Gasteiger partial charge in [0, 0.05) is 5.75 Å². The summed E-state index contributed by atoms with van der Waals surface area (Å²) in [7, 11) is 0. The van der Waals surface area contributed by atoms with Crippen molar-refractivity contribution in [3.05, 3.63) is 6.33 Å². The minimum Gasteiger partial charge on any atom is -0.480 e. The smallest absolute Gasteiger partial charge is 0.321 e. The predicted molar refractivity (Wildman–Crippen MR) is 60.4 cm³/mol. The fourth-order valence-corrected chi connectivity index (χ4v) is 2.43. The average molecular weight is 247 g/mol. The summed E-state index contributed by atoms with van der Waals surface area (Å²) in [6.07, 6.45) is 2.40. The summed E-state index contributed by atoms with van der Waals surface area (Å²) in [4.78, 5) is 14.8. The van der Waals surface area contributed by atoms with Crippen molar-refractivity contribution in [3.8, 4) is 0 Å². The molecular weight excluding hydrogens is 234 g/mol. The van der Waals surface area contributed by atoms with Gasteiger partial charge in [-0.1, -0.05) is 18.7 Å². The van der Waals surface area contributed by atoms with Crippen molar-refractivity contribution < 1.29 is 9.90 Å². The van der Waals surface area contributed by atoms with Gasteiger partial charge in [0.2, 0.25) is 0 Å². The Morgan fingerprint density at radius 3 is 3.13 bits per heavy atom. The molecule has 1 aromatic heterocycles.